The molecule has 0 aromatic heterocycles. The predicted octanol–water partition coefficient (Wildman–Crippen LogP) is 1.91. The minimum Gasteiger partial charge on any atom is -0.499 e. The SMILES string of the molecule is O=C(NCc1ccccc1)C1=COCCS1. The zero-order chi connectivity index (χ0) is 11.2. The van der Waals surface area contributed by atoms with E-state index in [0.29, 0.717) is 18.1 Å². The number of hydrogen-bond donors (Lipinski definition) is 1. The van der Waals surface area contributed by atoms with Gasteiger partial charge in [-0.2, -0.15) is 0 Å². The van der Waals surface area contributed by atoms with E-state index in [9.17, 15) is 4.79 Å². The maximum absolute atomic E-state index is 11.7. The molecule has 0 spiro atoms. The van der Waals surface area contributed by atoms with Crippen LogP contribution in [0.15, 0.2) is 41.5 Å². The molecule has 0 saturated heterocycles. The van der Waals surface area contributed by atoms with E-state index in [1.54, 1.807) is 0 Å². The number of amides is 1. The summed E-state index contributed by atoms with van der Waals surface area (Å²) in [6.07, 6.45) is 1.54. The van der Waals surface area contributed by atoms with Gasteiger partial charge in [0.1, 0.15) is 11.2 Å². The molecule has 1 aromatic carbocycles. The molecule has 0 atom stereocenters. The number of ether oxygens (including phenoxy) is 1. The summed E-state index contributed by atoms with van der Waals surface area (Å²) in [5.41, 5.74) is 1.10. The summed E-state index contributed by atoms with van der Waals surface area (Å²) in [6.45, 7) is 1.23. The Bertz CT molecular complexity index is 389. The Kier molecular flexibility index (Phi) is 3.88. The predicted molar refractivity (Wildman–Crippen MR) is 64.8 cm³/mol. The van der Waals surface area contributed by atoms with Crippen molar-refractivity contribution in [1.82, 2.24) is 5.32 Å². The summed E-state index contributed by atoms with van der Waals surface area (Å²) in [5.74, 6) is 0.776. The van der Waals surface area contributed by atoms with Crippen LogP contribution in [0.3, 0.4) is 0 Å². The van der Waals surface area contributed by atoms with Gasteiger partial charge in [-0.15, -0.1) is 11.8 Å². The highest BCUT2D eigenvalue weighted by atomic mass is 32.2. The molecule has 0 aliphatic carbocycles. The Labute approximate surface area is 98.9 Å². The van der Waals surface area contributed by atoms with Crippen LogP contribution in [0.2, 0.25) is 0 Å². The molecule has 4 heteroatoms. The molecule has 2 rings (SSSR count). The van der Waals surface area contributed by atoms with E-state index in [1.165, 1.54) is 18.0 Å². The molecule has 1 amide bonds. The summed E-state index contributed by atoms with van der Waals surface area (Å²) < 4.78 is 5.11. The van der Waals surface area contributed by atoms with Crippen molar-refractivity contribution in [2.24, 2.45) is 0 Å². The van der Waals surface area contributed by atoms with Gasteiger partial charge in [0.05, 0.1) is 6.61 Å². The zero-order valence-corrected chi connectivity index (χ0v) is 9.63. The second-order valence-electron chi connectivity index (χ2n) is 3.37. The molecule has 1 N–H and O–H groups in total. The molecule has 1 aromatic rings. The molecular formula is C12H13NO2S. The summed E-state index contributed by atoms with van der Waals surface area (Å²) in [7, 11) is 0. The molecule has 0 bridgehead atoms. The molecule has 0 saturated carbocycles. The molecule has 84 valence electrons. The van der Waals surface area contributed by atoms with Gasteiger partial charge < -0.3 is 10.1 Å². The van der Waals surface area contributed by atoms with Gasteiger partial charge in [0, 0.05) is 12.3 Å². The van der Waals surface area contributed by atoms with Crippen LogP contribution in [-0.2, 0) is 16.1 Å². The lowest BCUT2D eigenvalue weighted by Crippen LogP contribution is -2.24. The monoisotopic (exact) mass is 235 g/mol. The lowest BCUT2D eigenvalue weighted by Gasteiger charge is -2.12. The van der Waals surface area contributed by atoms with Gasteiger partial charge in [-0.25, -0.2) is 0 Å². The normalized spacial score (nSPS) is 14.9. The first-order valence-corrected chi connectivity index (χ1v) is 6.11. The number of hydrogen-bond acceptors (Lipinski definition) is 3. The quantitative estimate of drug-likeness (QED) is 0.869. The van der Waals surface area contributed by atoms with Crippen molar-refractivity contribution >= 4 is 17.7 Å². The first-order chi connectivity index (χ1) is 7.86. The fourth-order valence-corrected chi connectivity index (χ4v) is 2.09. The van der Waals surface area contributed by atoms with Crippen LogP contribution < -0.4 is 5.32 Å². The number of carbonyl (C=O) groups excluding carboxylic acids is 1. The van der Waals surface area contributed by atoms with Crippen molar-refractivity contribution < 1.29 is 9.53 Å². The number of benzene rings is 1. The smallest absolute Gasteiger partial charge is 0.261 e. The first kappa shape index (κ1) is 11.1. The first-order valence-electron chi connectivity index (χ1n) is 5.13. The number of rotatable bonds is 3. The molecule has 0 fully saturated rings. The van der Waals surface area contributed by atoms with Crippen molar-refractivity contribution in [2.75, 3.05) is 12.4 Å². The summed E-state index contributed by atoms with van der Waals surface area (Å²) in [5, 5.41) is 2.86. The van der Waals surface area contributed by atoms with E-state index < -0.39 is 0 Å². The Morgan fingerprint density at radius 3 is 2.88 bits per heavy atom. The number of nitrogens with one attached hydrogen (secondary N) is 1. The molecule has 1 aliphatic rings. The van der Waals surface area contributed by atoms with Gasteiger partial charge in [-0.05, 0) is 5.56 Å². The van der Waals surface area contributed by atoms with Gasteiger partial charge in [0.15, 0.2) is 0 Å². The van der Waals surface area contributed by atoms with Gasteiger partial charge in [0.2, 0.25) is 0 Å². The molecule has 16 heavy (non-hydrogen) atoms. The van der Waals surface area contributed by atoms with Crippen LogP contribution in [-0.4, -0.2) is 18.3 Å². The average Bonchev–Trinajstić information content (AvgIpc) is 2.38. The molecule has 1 aliphatic heterocycles. The maximum atomic E-state index is 11.7. The average molecular weight is 235 g/mol. The molecule has 3 nitrogen and oxygen atoms in total. The number of carbonyl (C=O) groups is 1. The molecule has 1 heterocycles. The van der Waals surface area contributed by atoms with Crippen molar-refractivity contribution in [3.8, 4) is 0 Å². The third-order valence-corrected chi connectivity index (χ3v) is 3.13. The van der Waals surface area contributed by atoms with E-state index in [0.717, 1.165) is 11.3 Å². The Morgan fingerprint density at radius 2 is 2.19 bits per heavy atom. The van der Waals surface area contributed by atoms with Crippen LogP contribution in [0.5, 0.6) is 0 Å². The van der Waals surface area contributed by atoms with E-state index >= 15 is 0 Å². The third-order valence-electron chi connectivity index (χ3n) is 2.17. The van der Waals surface area contributed by atoms with Gasteiger partial charge in [-0.3, -0.25) is 4.79 Å². The minimum absolute atomic E-state index is 0.0615. The Hall–Kier alpha value is -1.42. The molecule has 0 unspecified atom stereocenters. The second-order valence-corrected chi connectivity index (χ2v) is 4.51. The van der Waals surface area contributed by atoms with Gasteiger partial charge in [0.25, 0.3) is 5.91 Å². The van der Waals surface area contributed by atoms with E-state index in [4.69, 9.17) is 4.74 Å². The number of thioether (sulfide) groups is 1. The lowest BCUT2D eigenvalue weighted by molar-refractivity contribution is -0.117. The van der Waals surface area contributed by atoms with Crippen molar-refractivity contribution in [2.45, 2.75) is 6.54 Å². The van der Waals surface area contributed by atoms with Crippen molar-refractivity contribution in [1.29, 1.82) is 0 Å². The van der Waals surface area contributed by atoms with Gasteiger partial charge in [-0.1, -0.05) is 30.3 Å². The van der Waals surface area contributed by atoms with Crippen LogP contribution in [0.4, 0.5) is 0 Å². The minimum atomic E-state index is -0.0615. The van der Waals surface area contributed by atoms with E-state index in [-0.39, 0.29) is 5.91 Å². The molecular weight excluding hydrogens is 222 g/mol. The van der Waals surface area contributed by atoms with Crippen LogP contribution in [0.1, 0.15) is 5.56 Å². The Balaban J connectivity index is 1.86. The fourth-order valence-electron chi connectivity index (χ4n) is 1.35. The second kappa shape index (κ2) is 5.61. The maximum Gasteiger partial charge on any atom is 0.261 e. The zero-order valence-electron chi connectivity index (χ0n) is 8.81. The standard InChI is InChI=1S/C12H13NO2S/c14-12(11-9-15-6-7-16-11)13-8-10-4-2-1-3-5-10/h1-5,9H,6-8H2,(H,13,14). The highest BCUT2D eigenvalue weighted by Gasteiger charge is 2.13. The lowest BCUT2D eigenvalue weighted by atomic mass is 10.2. The third kappa shape index (κ3) is 3.03. The fraction of sp³-hybridized carbons (Fsp3) is 0.250. The topological polar surface area (TPSA) is 38.3 Å². The summed E-state index contributed by atoms with van der Waals surface area (Å²) in [4.78, 5) is 12.3. The van der Waals surface area contributed by atoms with E-state index in [1.807, 2.05) is 30.3 Å². The van der Waals surface area contributed by atoms with E-state index in [2.05, 4.69) is 5.32 Å². The van der Waals surface area contributed by atoms with Crippen LogP contribution >= 0.6 is 11.8 Å². The largest absolute Gasteiger partial charge is 0.499 e. The van der Waals surface area contributed by atoms with Crippen LogP contribution in [0, 0.1) is 0 Å². The summed E-state index contributed by atoms with van der Waals surface area (Å²) in [6, 6.07) is 9.84. The highest BCUT2D eigenvalue weighted by molar-refractivity contribution is 8.04. The summed E-state index contributed by atoms with van der Waals surface area (Å²) >= 11 is 1.53. The Morgan fingerprint density at radius 1 is 1.38 bits per heavy atom. The van der Waals surface area contributed by atoms with Crippen molar-refractivity contribution in [3.05, 3.63) is 47.1 Å². The molecule has 0 radical (unpaired) electrons. The highest BCUT2D eigenvalue weighted by Crippen LogP contribution is 2.19. The van der Waals surface area contributed by atoms with Crippen LogP contribution in [0.25, 0.3) is 0 Å². The van der Waals surface area contributed by atoms with Crippen molar-refractivity contribution in [3.63, 3.8) is 0 Å². The van der Waals surface area contributed by atoms with Gasteiger partial charge >= 0.3 is 0 Å².